The molecule has 100 valence electrons. The number of hydrogen-bond donors (Lipinski definition) is 3. The summed E-state index contributed by atoms with van der Waals surface area (Å²) in [4.78, 5) is 23.5. The number of nitrogens with zero attached hydrogens (tertiary/aromatic N) is 1. The number of carbonyl (C=O) groups excluding carboxylic acids is 1. The van der Waals surface area contributed by atoms with E-state index in [1.54, 1.807) is 6.92 Å². The molecule has 7 nitrogen and oxygen atoms in total. The van der Waals surface area contributed by atoms with Crippen molar-refractivity contribution in [1.29, 1.82) is 0 Å². The third kappa shape index (κ3) is 6.08. The van der Waals surface area contributed by atoms with Gasteiger partial charge in [0.05, 0.1) is 19.3 Å². The zero-order chi connectivity index (χ0) is 13.4. The number of carboxylic acid groups (broad SMARTS) is 1. The summed E-state index contributed by atoms with van der Waals surface area (Å²) >= 11 is 0. The van der Waals surface area contributed by atoms with Crippen LogP contribution in [0.15, 0.2) is 0 Å². The number of aliphatic hydroxyl groups is 1. The Kier molecular flexibility index (Phi) is 7.24. The Morgan fingerprint density at radius 1 is 1.47 bits per heavy atom. The molecular weight excluding hydrogens is 228 g/mol. The smallest absolute Gasteiger partial charge is 0.326 e. The van der Waals surface area contributed by atoms with Crippen molar-refractivity contribution in [3.8, 4) is 0 Å². The van der Waals surface area contributed by atoms with Crippen LogP contribution in [0.2, 0.25) is 0 Å². The van der Waals surface area contributed by atoms with Crippen LogP contribution < -0.4 is 5.32 Å². The van der Waals surface area contributed by atoms with Gasteiger partial charge in [0.2, 0.25) is 0 Å². The molecule has 2 atom stereocenters. The SMILES string of the molecule is CC[C@@H](NC(=O)N(C)CC(O)COC)C(=O)O. The fourth-order valence-electron chi connectivity index (χ4n) is 1.24. The van der Waals surface area contributed by atoms with Gasteiger partial charge in [-0.05, 0) is 6.42 Å². The predicted molar refractivity (Wildman–Crippen MR) is 60.8 cm³/mol. The van der Waals surface area contributed by atoms with Gasteiger partial charge in [-0.15, -0.1) is 0 Å². The first-order chi connectivity index (χ1) is 7.92. The molecule has 0 aromatic carbocycles. The van der Waals surface area contributed by atoms with Crippen molar-refractivity contribution in [1.82, 2.24) is 10.2 Å². The van der Waals surface area contributed by atoms with E-state index in [1.807, 2.05) is 0 Å². The maximum Gasteiger partial charge on any atom is 0.326 e. The summed E-state index contributed by atoms with van der Waals surface area (Å²) in [6.07, 6.45) is -0.490. The van der Waals surface area contributed by atoms with Crippen LogP contribution in [0.1, 0.15) is 13.3 Å². The maximum absolute atomic E-state index is 11.6. The second-order valence-electron chi connectivity index (χ2n) is 3.74. The van der Waals surface area contributed by atoms with Gasteiger partial charge >= 0.3 is 12.0 Å². The van der Waals surface area contributed by atoms with E-state index in [-0.39, 0.29) is 13.2 Å². The highest BCUT2D eigenvalue weighted by atomic mass is 16.5. The molecule has 0 saturated heterocycles. The van der Waals surface area contributed by atoms with Gasteiger partial charge < -0.3 is 25.2 Å². The van der Waals surface area contributed by atoms with Gasteiger partial charge in [-0.25, -0.2) is 9.59 Å². The molecule has 17 heavy (non-hydrogen) atoms. The van der Waals surface area contributed by atoms with Crippen molar-refractivity contribution in [2.24, 2.45) is 0 Å². The summed E-state index contributed by atoms with van der Waals surface area (Å²) in [5.74, 6) is -1.08. The summed E-state index contributed by atoms with van der Waals surface area (Å²) in [6.45, 7) is 1.86. The van der Waals surface area contributed by atoms with Crippen LogP contribution in [0.4, 0.5) is 4.79 Å². The number of aliphatic hydroxyl groups excluding tert-OH is 1. The van der Waals surface area contributed by atoms with Crippen LogP contribution in [0, 0.1) is 0 Å². The van der Waals surface area contributed by atoms with E-state index in [0.29, 0.717) is 6.42 Å². The largest absolute Gasteiger partial charge is 0.480 e. The van der Waals surface area contributed by atoms with Gasteiger partial charge in [0, 0.05) is 14.2 Å². The number of nitrogens with one attached hydrogen (secondary N) is 1. The molecule has 0 fully saturated rings. The minimum Gasteiger partial charge on any atom is -0.480 e. The number of urea groups is 1. The molecule has 0 aliphatic heterocycles. The second kappa shape index (κ2) is 7.86. The first-order valence-electron chi connectivity index (χ1n) is 5.33. The van der Waals surface area contributed by atoms with E-state index >= 15 is 0 Å². The average molecular weight is 248 g/mol. The predicted octanol–water partition coefficient (Wildman–Crippen LogP) is -0.502. The number of amides is 2. The average Bonchev–Trinajstić information content (AvgIpc) is 2.25. The zero-order valence-electron chi connectivity index (χ0n) is 10.3. The lowest BCUT2D eigenvalue weighted by molar-refractivity contribution is -0.139. The van der Waals surface area contributed by atoms with Gasteiger partial charge in [-0.1, -0.05) is 6.92 Å². The van der Waals surface area contributed by atoms with Gasteiger partial charge in [-0.2, -0.15) is 0 Å². The van der Waals surface area contributed by atoms with Crippen molar-refractivity contribution in [2.45, 2.75) is 25.5 Å². The lowest BCUT2D eigenvalue weighted by Crippen LogP contribution is -2.48. The number of likely N-dealkylation sites (N-methyl/N-ethyl adjacent to an activating group) is 1. The number of methoxy groups -OCH3 is 1. The third-order valence-corrected chi connectivity index (χ3v) is 2.19. The monoisotopic (exact) mass is 248 g/mol. The summed E-state index contributed by atoms with van der Waals surface area (Å²) in [5, 5.41) is 20.5. The quantitative estimate of drug-likeness (QED) is 0.564. The fraction of sp³-hybridized carbons (Fsp3) is 0.800. The van der Waals surface area contributed by atoms with Gasteiger partial charge in [0.15, 0.2) is 0 Å². The molecule has 0 aromatic heterocycles. The number of carbonyl (C=O) groups is 2. The maximum atomic E-state index is 11.6. The number of carboxylic acids is 1. The van der Waals surface area contributed by atoms with Crippen molar-refractivity contribution in [2.75, 3.05) is 27.3 Å². The van der Waals surface area contributed by atoms with Crippen LogP contribution >= 0.6 is 0 Å². The molecule has 0 rings (SSSR count). The number of rotatable bonds is 7. The molecule has 0 spiro atoms. The van der Waals surface area contributed by atoms with Crippen molar-refractivity contribution in [3.05, 3.63) is 0 Å². The van der Waals surface area contributed by atoms with Crippen LogP contribution in [-0.2, 0) is 9.53 Å². The Bertz CT molecular complexity index is 259. The van der Waals surface area contributed by atoms with E-state index in [9.17, 15) is 14.7 Å². The molecule has 0 radical (unpaired) electrons. The first kappa shape index (κ1) is 15.7. The molecule has 0 saturated carbocycles. The topological polar surface area (TPSA) is 99.1 Å². The van der Waals surface area contributed by atoms with E-state index in [2.05, 4.69) is 5.32 Å². The number of hydrogen-bond acceptors (Lipinski definition) is 4. The minimum absolute atomic E-state index is 0.0791. The van der Waals surface area contributed by atoms with Crippen LogP contribution in [0.25, 0.3) is 0 Å². The fourth-order valence-corrected chi connectivity index (χ4v) is 1.24. The highest BCUT2D eigenvalue weighted by Crippen LogP contribution is 1.95. The van der Waals surface area contributed by atoms with Crippen molar-refractivity contribution in [3.63, 3.8) is 0 Å². The summed E-state index contributed by atoms with van der Waals surface area (Å²) in [7, 11) is 2.92. The van der Waals surface area contributed by atoms with E-state index in [4.69, 9.17) is 9.84 Å². The summed E-state index contributed by atoms with van der Waals surface area (Å²) in [6, 6.07) is -1.45. The molecule has 0 heterocycles. The molecule has 0 aliphatic carbocycles. The van der Waals surface area contributed by atoms with Crippen LogP contribution in [-0.4, -0.2) is 66.6 Å². The van der Waals surface area contributed by atoms with Gasteiger partial charge in [0.25, 0.3) is 0 Å². The number of aliphatic carboxylic acids is 1. The molecule has 3 N–H and O–H groups in total. The third-order valence-electron chi connectivity index (χ3n) is 2.19. The molecule has 7 heteroatoms. The minimum atomic E-state index is -1.08. The van der Waals surface area contributed by atoms with Crippen molar-refractivity contribution >= 4 is 12.0 Å². The summed E-state index contributed by atoms with van der Waals surface area (Å²) < 4.78 is 4.72. The molecule has 0 bridgehead atoms. The van der Waals surface area contributed by atoms with E-state index < -0.39 is 24.1 Å². The Balaban J connectivity index is 4.16. The zero-order valence-corrected chi connectivity index (χ0v) is 10.3. The second-order valence-corrected chi connectivity index (χ2v) is 3.74. The first-order valence-corrected chi connectivity index (χ1v) is 5.33. The number of ether oxygens (including phenoxy) is 1. The molecule has 0 aliphatic rings. The highest BCUT2D eigenvalue weighted by molar-refractivity contribution is 5.82. The van der Waals surface area contributed by atoms with Crippen LogP contribution in [0.3, 0.4) is 0 Å². The molecular formula is C10H20N2O5. The van der Waals surface area contributed by atoms with Gasteiger partial charge in [0.1, 0.15) is 6.04 Å². The molecule has 0 aromatic rings. The lowest BCUT2D eigenvalue weighted by atomic mass is 10.2. The summed E-state index contributed by atoms with van der Waals surface area (Å²) in [5.41, 5.74) is 0. The highest BCUT2D eigenvalue weighted by Gasteiger charge is 2.20. The Labute approximate surface area is 100 Å². The van der Waals surface area contributed by atoms with Crippen molar-refractivity contribution < 1.29 is 24.5 Å². The molecule has 2 amide bonds. The Morgan fingerprint density at radius 3 is 2.47 bits per heavy atom. The Morgan fingerprint density at radius 2 is 2.06 bits per heavy atom. The lowest BCUT2D eigenvalue weighted by Gasteiger charge is -2.22. The Hall–Kier alpha value is -1.34. The van der Waals surface area contributed by atoms with Crippen LogP contribution in [0.5, 0.6) is 0 Å². The van der Waals surface area contributed by atoms with Gasteiger partial charge in [-0.3, -0.25) is 0 Å². The van der Waals surface area contributed by atoms with E-state index in [0.717, 1.165) is 0 Å². The molecule has 1 unspecified atom stereocenters. The standard InChI is InChI=1S/C10H20N2O5/c1-4-8(9(14)15)11-10(16)12(2)5-7(13)6-17-3/h7-8,13H,4-6H2,1-3H3,(H,11,16)(H,14,15)/t7?,8-/m1/s1. The van der Waals surface area contributed by atoms with E-state index in [1.165, 1.54) is 19.1 Å². The normalized spacial score (nSPS) is 13.9.